The van der Waals surface area contributed by atoms with Crippen LogP contribution in [0.5, 0.6) is 0 Å². The highest BCUT2D eigenvalue weighted by atomic mass is 16.5. The quantitative estimate of drug-likeness (QED) is 0.830. The molecule has 2 aromatic rings. The molecule has 0 aliphatic rings. The van der Waals surface area contributed by atoms with Crippen LogP contribution in [0.3, 0.4) is 0 Å². The van der Waals surface area contributed by atoms with E-state index < -0.39 is 0 Å². The molecule has 2 heterocycles. The number of furan rings is 1. The number of rotatable bonds is 7. The molecular weight excluding hydrogens is 242 g/mol. The Morgan fingerprint density at radius 2 is 2.21 bits per heavy atom. The summed E-state index contributed by atoms with van der Waals surface area (Å²) >= 11 is 0. The van der Waals surface area contributed by atoms with Crippen molar-refractivity contribution < 1.29 is 9.15 Å². The summed E-state index contributed by atoms with van der Waals surface area (Å²) in [6.07, 6.45) is 2.70. The Kier molecular flexibility index (Phi) is 4.92. The smallest absolute Gasteiger partial charge is 0.156 e. The summed E-state index contributed by atoms with van der Waals surface area (Å²) in [5.41, 5.74) is 0.935. The molecule has 0 bridgehead atoms. The first-order valence-corrected chi connectivity index (χ1v) is 6.46. The second-order valence-electron chi connectivity index (χ2n) is 4.31. The van der Waals surface area contributed by atoms with Crippen molar-refractivity contribution in [3.8, 4) is 0 Å². The fourth-order valence-electron chi connectivity index (χ4n) is 1.68. The van der Waals surface area contributed by atoms with E-state index in [-0.39, 0.29) is 0 Å². The van der Waals surface area contributed by atoms with Crippen LogP contribution in [-0.4, -0.2) is 16.5 Å². The van der Waals surface area contributed by atoms with E-state index in [1.165, 1.54) is 0 Å². The molecule has 0 saturated heterocycles. The van der Waals surface area contributed by atoms with E-state index in [1.807, 2.05) is 25.1 Å². The molecule has 0 radical (unpaired) electrons. The minimum atomic E-state index is 0.378. The van der Waals surface area contributed by atoms with E-state index in [9.17, 15) is 0 Å². The van der Waals surface area contributed by atoms with Crippen LogP contribution in [-0.2, 0) is 18.0 Å². The zero-order valence-electron chi connectivity index (χ0n) is 11.3. The first-order valence-electron chi connectivity index (χ1n) is 6.46. The van der Waals surface area contributed by atoms with Crippen molar-refractivity contribution in [1.29, 1.82) is 0 Å². The van der Waals surface area contributed by atoms with Crippen molar-refractivity contribution in [2.75, 3.05) is 11.9 Å². The maximum Gasteiger partial charge on any atom is 0.156 e. The molecule has 0 fully saturated rings. The van der Waals surface area contributed by atoms with Gasteiger partial charge in [-0.05, 0) is 25.5 Å². The SMILES string of the molecule is CCCNc1cc(C)nc(COCc2ccco2)n1. The van der Waals surface area contributed by atoms with Gasteiger partial charge in [0, 0.05) is 18.3 Å². The number of ether oxygens (including phenoxy) is 1. The summed E-state index contributed by atoms with van der Waals surface area (Å²) < 4.78 is 10.7. The Hall–Kier alpha value is -1.88. The molecule has 19 heavy (non-hydrogen) atoms. The van der Waals surface area contributed by atoms with Crippen LogP contribution in [0, 0.1) is 6.92 Å². The molecule has 2 rings (SSSR count). The van der Waals surface area contributed by atoms with Gasteiger partial charge in [-0.1, -0.05) is 6.92 Å². The van der Waals surface area contributed by atoms with Gasteiger partial charge in [0.25, 0.3) is 0 Å². The van der Waals surface area contributed by atoms with Gasteiger partial charge in [-0.25, -0.2) is 9.97 Å². The Balaban J connectivity index is 1.90. The molecule has 0 atom stereocenters. The average Bonchev–Trinajstić information content (AvgIpc) is 2.89. The van der Waals surface area contributed by atoms with E-state index in [1.54, 1.807) is 6.26 Å². The predicted octanol–water partition coefficient (Wildman–Crippen LogP) is 2.92. The molecule has 0 aromatic carbocycles. The van der Waals surface area contributed by atoms with Gasteiger partial charge in [0.05, 0.1) is 6.26 Å². The Labute approximate surface area is 113 Å². The molecule has 102 valence electrons. The third-order valence-corrected chi connectivity index (χ3v) is 2.51. The molecule has 5 heteroatoms. The Morgan fingerprint density at radius 3 is 2.95 bits per heavy atom. The topological polar surface area (TPSA) is 60.2 Å². The van der Waals surface area contributed by atoms with Gasteiger partial charge in [-0.2, -0.15) is 0 Å². The van der Waals surface area contributed by atoms with Gasteiger partial charge in [-0.3, -0.25) is 0 Å². The maximum absolute atomic E-state index is 5.53. The van der Waals surface area contributed by atoms with Crippen molar-refractivity contribution in [2.45, 2.75) is 33.5 Å². The van der Waals surface area contributed by atoms with Crippen LogP contribution in [0.15, 0.2) is 28.9 Å². The highest BCUT2D eigenvalue weighted by Gasteiger charge is 2.03. The number of hydrogen-bond donors (Lipinski definition) is 1. The molecule has 0 unspecified atom stereocenters. The number of anilines is 1. The number of nitrogens with zero attached hydrogens (tertiary/aromatic N) is 2. The normalized spacial score (nSPS) is 10.6. The minimum absolute atomic E-state index is 0.378. The summed E-state index contributed by atoms with van der Waals surface area (Å²) in [4.78, 5) is 8.77. The van der Waals surface area contributed by atoms with E-state index in [2.05, 4.69) is 22.2 Å². The number of aromatic nitrogens is 2. The summed E-state index contributed by atoms with van der Waals surface area (Å²) in [6.45, 7) is 5.79. The van der Waals surface area contributed by atoms with Crippen LogP contribution in [0.4, 0.5) is 5.82 Å². The molecule has 0 spiro atoms. The van der Waals surface area contributed by atoms with Gasteiger partial charge in [0.1, 0.15) is 24.8 Å². The largest absolute Gasteiger partial charge is 0.467 e. The van der Waals surface area contributed by atoms with Crippen molar-refractivity contribution >= 4 is 5.82 Å². The zero-order chi connectivity index (χ0) is 13.5. The monoisotopic (exact) mass is 261 g/mol. The number of hydrogen-bond acceptors (Lipinski definition) is 5. The van der Waals surface area contributed by atoms with Crippen LogP contribution in [0.2, 0.25) is 0 Å². The van der Waals surface area contributed by atoms with E-state index in [0.29, 0.717) is 19.0 Å². The summed E-state index contributed by atoms with van der Waals surface area (Å²) in [7, 11) is 0. The standard InChI is InChI=1S/C14H19N3O2/c1-3-6-15-13-8-11(2)16-14(17-13)10-18-9-12-5-4-7-19-12/h4-5,7-8H,3,6,9-10H2,1-2H3,(H,15,16,17). The Morgan fingerprint density at radius 1 is 1.32 bits per heavy atom. The van der Waals surface area contributed by atoms with E-state index >= 15 is 0 Å². The molecule has 0 amide bonds. The second-order valence-corrected chi connectivity index (χ2v) is 4.31. The molecule has 0 saturated carbocycles. The number of nitrogens with one attached hydrogen (secondary N) is 1. The summed E-state index contributed by atoms with van der Waals surface area (Å²) in [5, 5.41) is 3.25. The lowest BCUT2D eigenvalue weighted by molar-refractivity contribution is 0.0881. The lowest BCUT2D eigenvalue weighted by Crippen LogP contribution is -2.07. The van der Waals surface area contributed by atoms with Crippen molar-refractivity contribution in [3.05, 3.63) is 41.7 Å². The van der Waals surface area contributed by atoms with Gasteiger partial charge in [0.15, 0.2) is 5.82 Å². The zero-order valence-corrected chi connectivity index (χ0v) is 11.3. The van der Waals surface area contributed by atoms with Crippen molar-refractivity contribution in [3.63, 3.8) is 0 Å². The van der Waals surface area contributed by atoms with Crippen LogP contribution in [0.1, 0.15) is 30.6 Å². The average molecular weight is 261 g/mol. The molecular formula is C14H19N3O2. The highest BCUT2D eigenvalue weighted by molar-refractivity contribution is 5.35. The lowest BCUT2D eigenvalue weighted by atomic mass is 10.4. The fourth-order valence-corrected chi connectivity index (χ4v) is 1.68. The van der Waals surface area contributed by atoms with Crippen molar-refractivity contribution in [1.82, 2.24) is 9.97 Å². The summed E-state index contributed by atoms with van der Waals surface area (Å²) in [6, 6.07) is 5.66. The molecule has 0 aliphatic carbocycles. The first kappa shape index (κ1) is 13.5. The highest BCUT2D eigenvalue weighted by Crippen LogP contribution is 2.08. The molecule has 2 aromatic heterocycles. The van der Waals surface area contributed by atoms with Crippen LogP contribution < -0.4 is 5.32 Å². The molecule has 1 N–H and O–H groups in total. The lowest BCUT2D eigenvalue weighted by Gasteiger charge is -2.07. The number of aryl methyl sites for hydroxylation is 1. The third-order valence-electron chi connectivity index (χ3n) is 2.51. The molecule has 0 aliphatic heterocycles. The summed E-state index contributed by atoms with van der Waals surface area (Å²) in [5.74, 6) is 2.34. The van der Waals surface area contributed by atoms with Gasteiger partial charge < -0.3 is 14.5 Å². The van der Waals surface area contributed by atoms with E-state index in [0.717, 1.165) is 30.2 Å². The minimum Gasteiger partial charge on any atom is -0.467 e. The van der Waals surface area contributed by atoms with Crippen molar-refractivity contribution in [2.24, 2.45) is 0 Å². The van der Waals surface area contributed by atoms with Gasteiger partial charge in [-0.15, -0.1) is 0 Å². The maximum atomic E-state index is 5.53. The van der Waals surface area contributed by atoms with Crippen LogP contribution >= 0.6 is 0 Å². The first-order chi connectivity index (χ1) is 9.28. The van der Waals surface area contributed by atoms with Gasteiger partial charge >= 0.3 is 0 Å². The Bertz CT molecular complexity index is 497. The second kappa shape index (κ2) is 6.89. The predicted molar refractivity (Wildman–Crippen MR) is 72.8 cm³/mol. The van der Waals surface area contributed by atoms with Crippen LogP contribution in [0.25, 0.3) is 0 Å². The fraction of sp³-hybridized carbons (Fsp3) is 0.429. The van der Waals surface area contributed by atoms with Gasteiger partial charge in [0.2, 0.25) is 0 Å². The van der Waals surface area contributed by atoms with E-state index in [4.69, 9.17) is 9.15 Å². The third kappa shape index (κ3) is 4.37. The molecule has 5 nitrogen and oxygen atoms in total.